The summed E-state index contributed by atoms with van der Waals surface area (Å²) in [6.07, 6.45) is 5.26. The van der Waals surface area contributed by atoms with Gasteiger partial charge in [-0.3, -0.25) is 4.79 Å². The molecule has 4 heteroatoms. The largest absolute Gasteiger partial charge is 0.380 e. The van der Waals surface area contributed by atoms with Gasteiger partial charge >= 0.3 is 0 Å². The molecule has 1 aliphatic carbocycles. The van der Waals surface area contributed by atoms with Crippen LogP contribution in [0.1, 0.15) is 32.1 Å². The molecule has 0 radical (unpaired) electrons. The highest BCUT2D eigenvalue weighted by molar-refractivity contribution is 5.79. The van der Waals surface area contributed by atoms with Crippen LogP contribution in [0.4, 0.5) is 0 Å². The monoisotopic (exact) mass is 226 g/mol. The number of likely N-dealkylation sites (tertiary alicyclic amines) is 1. The Morgan fingerprint density at radius 3 is 2.81 bits per heavy atom. The molecule has 0 bridgehead atoms. The zero-order valence-corrected chi connectivity index (χ0v) is 10.0. The molecular weight excluding hydrogens is 204 g/mol. The van der Waals surface area contributed by atoms with E-state index in [0.29, 0.717) is 5.91 Å². The van der Waals surface area contributed by atoms with E-state index in [9.17, 15) is 4.79 Å². The number of ether oxygens (including phenoxy) is 1. The summed E-state index contributed by atoms with van der Waals surface area (Å²) in [5, 5.41) is 0. The number of carbonyl (C=O) groups excluding carboxylic acids is 1. The van der Waals surface area contributed by atoms with E-state index in [1.165, 1.54) is 0 Å². The van der Waals surface area contributed by atoms with Gasteiger partial charge in [-0.15, -0.1) is 0 Å². The smallest absolute Gasteiger partial charge is 0.225 e. The number of nitrogens with zero attached hydrogens (tertiary/aromatic N) is 1. The van der Waals surface area contributed by atoms with Crippen LogP contribution in [0.25, 0.3) is 0 Å². The van der Waals surface area contributed by atoms with Crippen LogP contribution in [-0.4, -0.2) is 43.2 Å². The second-order valence-corrected chi connectivity index (χ2v) is 5.05. The Labute approximate surface area is 97.1 Å². The Hall–Kier alpha value is -0.610. The van der Waals surface area contributed by atoms with Crippen molar-refractivity contribution >= 4 is 5.91 Å². The van der Waals surface area contributed by atoms with Crippen LogP contribution in [-0.2, 0) is 9.53 Å². The predicted molar refractivity (Wildman–Crippen MR) is 61.9 cm³/mol. The number of methoxy groups -OCH3 is 1. The molecule has 16 heavy (non-hydrogen) atoms. The lowest BCUT2D eigenvalue weighted by Crippen LogP contribution is -2.40. The number of carbonyl (C=O) groups is 1. The third-order valence-corrected chi connectivity index (χ3v) is 3.85. The highest BCUT2D eigenvalue weighted by atomic mass is 16.5. The molecule has 3 unspecified atom stereocenters. The van der Waals surface area contributed by atoms with Crippen LogP contribution in [0.5, 0.6) is 0 Å². The summed E-state index contributed by atoms with van der Waals surface area (Å²) < 4.78 is 5.28. The average molecular weight is 226 g/mol. The van der Waals surface area contributed by atoms with Crippen molar-refractivity contribution in [2.45, 2.75) is 44.2 Å². The van der Waals surface area contributed by atoms with Crippen LogP contribution in [0.2, 0.25) is 0 Å². The Morgan fingerprint density at radius 2 is 2.19 bits per heavy atom. The SMILES string of the molecule is COC1CCN(C(=O)C2CCCC(N)C2)C1. The van der Waals surface area contributed by atoms with E-state index in [2.05, 4.69) is 0 Å². The molecule has 2 fully saturated rings. The molecule has 0 aromatic rings. The predicted octanol–water partition coefficient (Wildman–Crippen LogP) is 0.751. The molecule has 0 aromatic carbocycles. The summed E-state index contributed by atoms with van der Waals surface area (Å²) in [6, 6.07) is 0.225. The number of rotatable bonds is 2. The summed E-state index contributed by atoms with van der Waals surface area (Å²) in [6.45, 7) is 1.62. The van der Waals surface area contributed by atoms with Crippen LogP contribution in [0.15, 0.2) is 0 Å². The summed E-state index contributed by atoms with van der Waals surface area (Å²) in [4.78, 5) is 14.2. The highest BCUT2D eigenvalue weighted by Gasteiger charge is 2.32. The molecule has 2 rings (SSSR count). The van der Waals surface area contributed by atoms with Crippen molar-refractivity contribution in [3.63, 3.8) is 0 Å². The highest BCUT2D eigenvalue weighted by Crippen LogP contribution is 2.26. The van der Waals surface area contributed by atoms with Gasteiger partial charge in [0, 0.05) is 32.2 Å². The lowest BCUT2D eigenvalue weighted by atomic mass is 9.85. The molecule has 1 aliphatic heterocycles. The summed E-state index contributed by atoms with van der Waals surface area (Å²) in [5.74, 6) is 0.467. The molecule has 92 valence electrons. The molecular formula is C12H22N2O2. The topological polar surface area (TPSA) is 55.6 Å². The van der Waals surface area contributed by atoms with Crippen LogP contribution in [0, 0.1) is 5.92 Å². The molecule has 4 nitrogen and oxygen atoms in total. The number of amides is 1. The maximum absolute atomic E-state index is 12.2. The van der Waals surface area contributed by atoms with Gasteiger partial charge in [-0.2, -0.15) is 0 Å². The number of nitrogens with two attached hydrogens (primary N) is 1. The van der Waals surface area contributed by atoms with Gasteiger partial charge < -0.3 is 15.4 Å². The van der Waals surface area contributed by atoms with Gasteiger partial charge in [-0.25, -0.2) is 0 Å². The minimum atomic E-state index is 0.166. The van der Waals surface area contributed by atoms with E-state index in [0.717, 1.165) is 45.2 Å². The van der Waals surface area contributed by atoms with E-state index in [4.69, 9.17) is 10.5 Å². The third-order valence-electron chi connectivity index (χ3n) is 3.85. The van der Waals surface area contributed by atoms with Crippen molar-refractivity contribution in [3.05, 3.63) is 0 Å². The van der Waals surface area contributed by atoms with Gasteiger partial charge in [0.2, 0.25) is 5.91 Å². The van der Waals surface area contributed by atoms with E-state index in [1.807, 2.05) is 4.90 Å². The zero-order valence-electron chi connectivity index (χ0n) is 10.0. The molecule has 1 saturated carbocycles. The molecule has 1 heterocycles. The van der Waals surface area contributed by atoms with Crippen molar-refractivity contribution in [1.29, 1.82) is 0 Å². The first kappa shape index (κ1) is 11.9. The molecule has 0 spiro atoms. The summed E-state index contributed by atoms with van der Waals surface area (Å²) in [7, 11) is 1.72. The molecule has 0 aromatic heterocycles. The van der Waals surface area contributed by atoms with Crippen molar-refractivity contribution in [1.82, 2.24) is 4.90 Å². The number of hydrogen-bond donors (Lipinski definition) is 1. The van der Waals surface area contributed by atoms with E-state index in [-0.39, 0.29) is 18.1 Å². The van der Waals surface area contributed by atoms with Gasteiger partial charge in [0.25, 0.3) is 0 Å². The maximum Gasteiger partial charge on any atom is 0.225 e. The lowest BCUT2D eigenvalue weighted by molar-refractivity contribution is -0.136. The van der Waals surface area contributed by atoms with Crippen LogP contribution >= 0.6 is 0 Å². The summed E-state index contributed by atoms with van der Waals surface area (Å²) >= 11 is 0. The van der Waals surface area contributed by atoms with Crippen molar-refractivity contribution < 1.29 is 9.53 Å². The van der Waals surface area contributed by atoms with Crippen LogP contribution in [0.3, 0.4) is 0 Å². The fourth-order valence-corrected chi connectivity index (χ4v) is 2.83. The minimum absolute atomic E-state index is 0.166. The summed E-state index contributed by atoms with van der Waals surface area (Å²) in [5.41, 5.74) is 5.92. The van der Waals surface area contributed by atoms with Crippen LogP contribution < -0.4 is 5.73 Å². The average Bonchev–Trinajstić information content (AvgIpc) is 2.76. The van der Waals surface area contributed by atoms with E-state index < -0.39 is 0 Å². The standard InChI is InChI=1S/C12H22N2O2/c1-16-11-5-6-14(8-11)12(15)9-3-2-4-10(13)7-9/h9-11H,2-8,13H2,1H3. The molecule has 1 saturated heterocycles. The molecule has 1 amide bonds. The Balaban J connectivity index is 1.87. The van der Waals surface area contributed by atoms with Gasteiger partial charge in [0.1, 0.15) is 0 Å². The lowest BCUT2D eigenvalue weighted by Gasteiger charge is -2.29. The van der Waals surface area contributed by atoms with Crippen molar-refractivity contribution in [3.8, 4) is 0 Å². The van der Waals surface area contributed by atoms with Gasteiger partial charge in [0.05, 0.1) is 6.10 Å². The Kier molecular flexibility index (Phi) is 3.82. The second-order valence-electron chi connectivity index (χ2n) is 5.05. The van der Waals surface area contributed by atoms with Crippen molar-refractivity contribution in [2.75, 3.05) is 20.2 Å². The molecule has 2 N–H and O–H groups in total. The second kappa shape index (κ2) is 5.15. The quantitative estimate of drug-likeness (QED) is 0.756. The first-order valence-electron chi connectivity index (χ1n) is 6.28. The van der Waals surface area contributed by atoms with Crippen molar-refractivity contribution in [2.24, 2.45) is 11.7 Å². The molecule has 2 aliphatic rings. The number of hydrogen-bond acceptors (Lipinski definition) is 3. The maximum atomic E-state index is 12.2. The van der Waals surface area contributed by atoms with Gasteiger partial charge in [-0.05, 0) is 25.7 Å². The first-order chi connectivity index (χ1) is 7.70. The minimum Gasteiger partial charge on any atom is -0.380 e. The Morgan fingerprint density at radius 1 is 1.38 bits per heavy atom. The first-order valence-corrected chi connectivity index (χ1v) is 6.28. The van der Waals surface area contributed by atoms with Gasteiger partial charge in [0.15, 0.2) is 0 Å². The Bertz CT molecular complexity index is 257. The fraction of sp³-hybridized carbons (Fsp3) is 0.917. The third kappa shape index (κ3) is 2.55. The normalized spacial score (nSPS) is 35.4. The van der Waals surface area contributed by atoms with E-state index >= 15 is 0 Å². The van der Waals surface area contributed by atoms with E-state index in [1.54, 1.807) is 7.11 Å². The fourth-order valence-electron chi connectivity index (χ4n) is 2.83. The molecule has 3 atom stereocenters. The zero-order chi connectivity index (χ0) is 11.5. The van der Waals surface area contributed by atoms with Gasteiger partial charge in [-0.1, -0.05) is 6.42 Å².